The Kier molecular flexibility index (Phi) is 7.87. The standard InChI is InChI=1S/C26H32ClN5O4S/c27-23-9-8-22(37-23)25(34)29-13-19-15-32(26(35)36-19)18-6-7-21(31-11-10-17(28)14-31)20(12-18)30-24(33)16-4-2-1-3-5-16/h6-9,12,16-17,19H,1-5,10-11,13-15,28H2,(H,29,34)(H,30,33). The van der Waals surface area contributed by atoms with Gasteiger partial charge in [-0.3, -0.25) is 14.5 Å². The summed E-state index contributed by atoms with van der Waals surface area (Å²) >= 11 is 7.11. The molecule has 2 atom stereocenters. The van der Waals surface area contributed by atoms with E-state index >= 15 is 0 Å². The molecule has 4 N–H and O–H groups in total. The van der Waals surface area contributed by atoms with Crippen molar-refractivity contribution in [3.8, 4) is 0 Å². The van der Waals surface area contributed by atoms with Crippen LogP contribution in [-0.4, -0.2) is 56.2 Å². The maximum atomic E-state index is 13.1. The van der Waals surface area contributed by atoms with Gasteiger partial charge in [0.2, 0.25) is 5.91 Å². The molecule has 5 rings (SSSR count). The molecular weight excluding hydrogens is 514 g/mol. The topological polar surface area (TPSA) is 117 Å². The fraction of sp³-hybridized carbons (Fsp3) is 0.500. The minimum absolute atomic E-state index is 0.00839. The van der Waals surface area contributed by atoms with Gasteiger partial charge >= 0.3 is 6.09 Å². The first-order valence-electron chi connectivity index (χ1n) is 12.8. The molecule has 2 aliphatic heterocycles. The number of nitrogens with one attached hydrogen (secondary N) is 2. The van der Waals surface area contributed by atoms with E-state index in [1.165, 1.54) is 22.7 Å². The Labute approximate surface area is 225 Å². The second-order valence-corrected chi connectivity index (χ2v) is 11.7. The predicted octanol–water partition coefficient (Wildman–Crippen LogP) is 4.21. The summed E-state index contributed by atoms with van der Waals surface area (Å²) in [5.41, 5.74) is 8.37. The zero-order valence-electron chi connectivity index (χ0n) is 20.6. The summed E-state index contributed by atoms with van der Waals surface area (Å²) in [6, 6.07) is 9.07. The van der Waals surface area contributed by atoms with E-state index in [1.807, 2.05) is 18.2 Å². The first kappa shape index (κ1) is 25.8. The molecule has 37 heavy (non-hydrogen) atoms. The van der Waals surface area contributed by atoms with Gasteiger partial charge < -0.3 is 26.0 Å². The number of cyclic esters (lactones) is 1. The molecule has 0 radical (unpaired) electrons. The van der Waals surface area contributed by atoms with Gasteiger partial charge in [-0.2, -0.15) is 0 Å². The molecule has 3 fully saturated rings. The molecule has 1 saturated carbocycles. The van der Waals surface area contributed by atoms with Crippen LogP contribution in [0.1, 0.15) is 48.2 Å². The zero-order chi connectivity index (χ0) is 25.9. The molecule has 3 aliphatic rings. The second kappa shape index (κ2) is 11.3. The molecule has 3 amide bonds. The highest BCUT2D eigenvalue weighted by Crippen LogP contribution is 2.35. The molecule has 2 aromatic rings. The van der Waals surface area contributed by atoms with Crippen molar-refractivity contribution in [3.05, 3.63) is 39.5 Å². The van der Waals surface area contributed by atoms with Crippen molar-refractivity contribution in [2.24, 2.45) is 11.7 Å². The lowest BCUT2D eigenvalue weighted by atomic mass is 9.88. The van der Waals surface area contributed by atoms with Crippen molar-refractivity contribution < 1.29 is 19.1 Å². The SMILES string of the molecule is NC1CCN(c2ccc(N3CC(CNC(=O)c4ccc(Cl)s4)OC3=O)cc2NC(=O)C2CCCCC2)C1. The number of carbonyl (C=O) groups is 3. The third-order valence-electron chi connectivity index (χ3n) is 7.25. The molecule has 1 aromatic heterocycles. The Morgan fingerprint density at radius 1 is 1.11 bits per heavy atom. The van der Waals surface area contributed by atoms with Crippen LogP contribution in [0.2, 0.25) is 4.34 Å². The van der Waals surface area contributed by atoms with Crippen molar-refractivity contribution in [2.75, 3.05) is 41.3 Å². The normalized spacial score (nSPS) is 22.3. The molecule has 0 bridgehead atoms. The highest BCUT2D eigenvalue weighted by molar-refractivity contribution is 7.18. The third kappa shape index (κ3) is 6.02. The quantitative estimate of drug-likeness (QED) is 0.480. The van der Waals surface area contributed by atoms with Crippen LogP contribution in [0.5, 0.6) is 0 Å². The van der Waals surface area contributed by atoms with Crippen LogP contribution in [0.25, 0.3) is 0 Å². The maximum absolute atomic E-state index is 13.1. The maximum Gasteiger partial charge on any atom is 0.414 e. The lowest BCUT2D eigenvalue weighted by molar-refractivity contribution is -0.120. The Balaban J connectivity index is 1.29. The molecule has 0 spiro atoms. The summed E-state index contributed by atoms with van der Waals surface area (Å²) in [7, 11) is 0. The van der Waals surface area contributed by atoms with E-state index in [0.29, 0.717) is 27.1 Å². The number of rotatable bonds is 7. The number of halogens is 1. The lowest BCUT2D eigenvalue weighted by Gasteiger charge is -2.26. The molecule has 1 aliphatic carbocycles. The van der Waals surface area contributed by atoms with Crippen molar-refractivity contribution >= 4 is 57.9 Å². The number of carbonyl (C=O) groups excluding carboxylic acids is 3. The number of ether oxygens (including phenoxy) is 1. The Bertz CT molecular complexity index is 1170. The number of hydrogen-bond acceptors (Lipinski definition) is 7. The van der Waals surface area contributed by atoms with Crippen LogP contribution in [0, 0.1) is 5.92 Å². The predicted molar refractivity (Wildman–Crippen MR) is 146 cm³/mol. The molecule has 2 saturated heterocycles. The van der Waals surface area contributed by atoms with Gasteiger partial charge in [-0.1, -0.05) is 30.9 Å². The van der Waals surface area contributed by atoms with E-state index in [0.717, 1.165) is 44.3 Å². The van der Waals surface area contributed by atoms with Crippen molar-refractivity contribution in [1.82, 2.24) is 5.32 Å². The zero-order valence-corrected chi connectivity index (χ0v) is 22.2. The molecule has 2 unspecified atom stereocenters. The number of nitrogens with two attached hydrogens (primary N) is 1. The van der Waals surface area contributed by atoms with Crippen LogP contribution in [0.3, 0.4) is 0 Å². The van der Waals surface area contributed by atoms with Crippen LogP contribution in [0.4, 0.5) is 21.9 Å². The third-order valence-corrected chi connectivity index (χ3v) is 8.48. The van der Waals surface area contributed by atoms with Gasteiger partial charge in [-0.25, -0.2) is 4.79 Å². The van der Waals surface area contributed by atoms with Gasteiger partial charge in [-0.15, -0.1) is 11.3 Å². The van der Waals surface area contributed by atoms with Gasteiger partial charge in [-0.05, 0) is 49.6 Å². The number of anilines is 3. The molecule has 11 heteroatoms. The van der Waals surface area contributed by atoms with Crippen LogP contribution >= 0.6 is 22.9 Å². The lowest BCUT2D eigenvalue weighted by Crippen LogP contribution is -2.34. The van der Waals surface area contributed by atoms with Crippen LogP contribution < -0.4 is 26.2 Å². The summed E-state index contributed by atoms with van der Waals surface area (Å²) in [4.78, 5) is 42.4. The minimum atomic E-state index is -0.497. The summed E-state index contributed by atoms with van der Waals surface area (Å²) in [6.45, 7) is 2.00. The number of amides is 3. The van der Waals surface area contributed by atoms with E-state index in [9.17, 15) is 14.4 Å². The highest BCUT2D eigenvalue weighted by atomic mass is 35.5. The van der Waals surface area contributed by atoms with Crippen molar-refractivity contribution in [1.29, 1.82) is 0 Å². The van der Waals surface area contributed by atoms with Crippen LogP contribution in [-0.2, 0) is 9.53 Å². The van der Waals surface area contributed by atoms with Gasteiger partial charge in [0.25, 0.3) is 5.91 Å². The van der Waals surface area contributed by atoms with E-state index < -0.39 is 12.2 Å². The summed E-state index contributed by atoms with van der Waals surface area (Å²) in [5, 5.41) is 5.96. The number of benzene rings is 1. The average molecular weight is 546 g/mol. The largest absolute Gasteiger partial charge is 0.442 e. The van der Waals surface area contributed by atoms with Gasteiger partial charge in [0, 0.05) is 30.7 Å². The minimum Gasteiger partial charge on any atom is -0.442 e. The molecule has 1 aromatic carbocycles. The van der Waals surface area contributed by atoms with Crippen molar-refractivity contribution in [3.63, 3.8) is 0 Å². The summed E-state index contributed by atoms with van der Waals surface area (Å²) in [5.74, 6) is -0.221. The van der Waals surface area contributed by atoms with E-state index in [1.54, 1.807) is 12.1 Å². The monoisotopic (exact) mass is 545 g/mol. The van der Waals surface area contributed by atoms with Crippen LogP contribution in [0.15, 0.2) is 30.3 Å². The van der Waals surface area contributed by atoms with E-state index in [2.05, 4.69) is 15.5 Å². The molecular formula is C26H32ClN5O4S. The Morgan fingerprint density at radius 3 is 2.62 bits per heavy atom. The van der Waals surface area contributed by atoms with Gasteiger partial charge in [0.1, 0.15) is 6.10 Å². The number of hydrogen-bond donors (Lipinski definition) is 3. The molecule has 9 nitrogen and oxygen atoms in total. The Morgan fingerprint density at radius 2 is 1.92 bits per heavy atom. The van der Waals surface area contributed by atoms with Crippen molar-refractivity contribution in [2.45, 2.75) is 50.7 Å². The summed E-state index contributed by atoms with van der Waals surface area (Å²) in [6.07, 6.45) is 5.03. The highest BCUT2D eigenvalue weighted by Gasteiger charge is 2.34. The van der Waals surface area contributed by atoms with E-state index in [-0.39, 0.29) is 36.9 Å². The van der Waals surface area contributed by atoms with Gasteiger partial charge in [0.15, 0.2) is 0 Å². The molecule has 3 heterocycles. The van der Waals surface area contributed by atoms with Gasteiger partial charge in [0.05, 0.1) is 33.7 Å². The first-order chi connectivity index (χ1) is 17.9. The summed E-state index contributed by atoms with van der Waals surface area (Å²) < 4.78 is 6.05. The smallest absolute Gasteiger partial charge is 0.414 e. The van der Waals surface area contributed by atoms with E-state index in [4.69, 9.17) is 22.1 Å². The first-order valence-corrected chi connectivity index (χ1v) is 14.0. The fourth-order valence-corrected chi connectivity index (χ4v) is 6.20. The number of nitrogens with zero attached hydrogens (tertiary/aromatic N) is 2. The second-order valence-electron chi connectivity index (χ2n) is 9.95. The Hall–Kier alpha value is -2.82. The fourth-order valence-electron chi connectivity index (χ4n) is 5.24. The average Bonchev–Trinajstić information content (AvgIpc) is 3.63. The number of thiophene rings is 1. The molecule has 198 valence electrons.